The van der Waals surface area contributed by atoms with E-state index in [4.69, 9.17) is 14.6 Å². The first-order valence-electron chi connectivity index (χ1n) is 16.0. The van der Waals surface area contributed by atoms with Crippen LogP contribution in [0.15, 0.2) is 65.8 Å². The molecule has 2 aliphatic rings. The minimum absolute atomic E-state index is 0.150. The lowest BCUT2D eigenvalue weighted by Crippen LogP contribution is -2.27. The minimum atomic E-state index is -0.661. The van der Waals surface area contributed by atoms with E-state index in [0.717, 1.165) is 73.1 Å². The lowest BCUT2D eigenvalue weighted by Gasteiger charge is -2.22. The number of rotatable bonds is 18. The number of ether oxygens (including phenoxy) is 2. The van der Waals surface area contributed by atoms with E-state index < -0.39 is 6.10 Å². The van der Waals surface area contributed by atoms with Gasteiger partial charge in [-0.25, -0.2) is 0 Å². The van der Waals surface area contributed by atoms with Gasteiger partial charge in [0.25, 0.3) is 0 Å². The lowest BCUT2D eigenvalue weighted by atomic mass is 9.96. The third-order valence-electron chi connectivity index (χ3n) is 8.56. The van der Waals surface area contributed by atoms with Gasteiger partial charge in [-0.1, -0.05) is 24.3 Å². The van der Waals surface area contributed by atoms with Gasteiger partial charge in [0.1, 0.15) is 5.75 Å². The Kier molecular flexibility index (Phi) is 11.4. The number of aliphatic hydroxyl groups is 2. The third-order valence-corrected chi connectivity index (χ3v) is 9.64. The molecule has 0 spiro atoms. The maximum absolute atomic E-state index is 12.5. The van der Waals surface area contributed by atoms with Crippen LogP contribution in [0.2, 0.25) is 0 Å². The van der Waals surface area contributed by atoms with Crippen LogP contribution in [0.4, 0.5) is 0 Å². The average molecular weight is 619 g/mol. The molecule has 1 atom stereocenters. The number of nitrogens with zero attached hydrogens (tertiary/aromatic N) is 2. The number of para-hydroxylation sites is 1. The average Bonchev–Trinajstić information content (AvgIpc) is 3.99. The summed E-state index contributed by atoms with van der Waals surface area (Å²) in [4.78, 5) is 20.0. The molecule has 2 N–H and O–H groups in total. The van der Waals surface area contributed by atoms with Gasteiger partial charge in [0.15, 0.2) is 0 Å². The van der Waals surface area contributed by atoms with Gasteiger partial charge in [-0.05, 0) is 105 Å². The molecule has 1 aromatic heterocycles. The van der Waals surface area contributed by atoms with Crippen LogP contribution in [0, 0.1) is 6.92 Å². The summed E-state index contributed by atoms with van der Waals surface area (Å²) < 4.78 is 13.0. The van der Waals surface area contributed by atoms with Crippen molar-refractivity contribution in [3.8, 4) is 16.9 Å². The summed E-state index contributed by atoms with van der Waals surface area (Å²) in [7, 11) is 1.84. The second-order valence-electron chi connectivity index (χ2n) is 12.2. The van der Waals surface area contributed by atoms with E-state index in [1.807, 2.05) is 25.5 Å². The Morgan fingerprint density at radius 3 is 2.70 bits per heavy atom. The van der Waals surface area contributed by atoms with Crippen LogP contribution in [-0.4, -0.2) is 64.2 Å². The topological polar surface area (TPSA) is 92.1 Å². The fraction of sp³-hybridized carbons (Fsp3) is 0.500. The number of aliphatic hydroxyl groups excluding tert-OH is 2. The number of unbranched alkanes of at least 4 members (excludes halogenated alkanes) is 1. The lowest BCUT2D eigenvalue weighted by molar-refractivity contribution is -0.129. The zero-order chi connectivity index (χ0) is 30.9. The summed E-state index contributed by atoms with van der Waals surface area (Å²) in [6.07, 6.45) is 11.2. The first-order chi connectivity index (χ1) is 21.4. The standard InChI is InChI=1S/C36H46N2O5S/c1-26-12-15-30(44-21-7-11-35(41)38(2)20-6-5-8-28(40)24-39)22-27(26)25-42-36(17-18-36)33-23-37-19-16-31(33)32-9-3-4-10-34(32)43-29-13-14-29/h3-4,9-10,12,15-16,19,22-23,28-29,39-40H,5-8,11,13-14,17-18,20-21,24-25H2,1-2H3. The van der Waals surface area contributed by atoms with E-state index in [2.05, 4.69) is 54.4 Å². The molecule has 44 heavy (non-hydrogen) atoms. The summed E-state index contributed by atoms with van der Waals surface area (Å²) in [5, 5.41) is 18.4. The maximum Gasteiger partial charge on any atom is 0.222 e. The van der Waals surface area contributed by atoms with Gasteiger partial charge in [-0.15, -0.1) is 11.8 Å². The number of aromatic nitrogens is 1. The van der Waals surface area contributed by atoms with Crippen LogP contribution < -0.4 is 4.74 Å². The van der Waals surface area contributed by atoms with Crippen molar-refractivity contribution in [2.45, 2.75) is 94.0 Å². The van der Waals surface area contributed by atoms with Crippen LogP contribution in [0.25, 0.3) is 11.1 Å². The highest BCUT2D eigenvalue weighted by Crippen LogP contribution is 2.53. The maximum atomic E-state index is 12.5. The molecule has 0 radical (unpaired) electrons. The fourth-order valence-electron chi connectivity index (χ4n) is 5.41. The van der Waals surface area contributed by atoms with E-state index in [9.17, 15) is 9.90 Å². The zero-order valence-corrected chi connectivity index (χ0v) is 26.9. The largest absolute Gasteiger partial charge is 0.490 e. The predicted molar refractivity (Wildman–Crippen MR) is 175 cm³/mol. The van der Waals surface area contributed by atoms with Crippen molar-refractivity contribution in [3.05, 3.63) is 77.6 Å². The van der Waals surface area contributed by atoms with Gasteiger partial charge in [-0.2, -0.15) is 0 Å². The predicted octanol–water partition coefficient (Wildman–Crippen LogP) is 6.66. The summed E-state index contributed by atoms with van der Waals surface area (Å²) in [6, 6.07) is 16.9. The Balaban J connectivity index is 1.13. The van der Waals surface area contributed by atoms with Gasteiger partial charge in [0.05, 0.1) is 31.0 Å². The molecule has 0 saturated heterocycles. The van der Waals surface area contributed by atoms with Crippen molar-refractivity contribution in [1.82, 2.24) is 9.88 Å². The van der Waals surface area contributed by atoms with Gasteiger partial charge < -0.3 is 24.6 Å². The van der Waals surface area contributed by atoms with Crippen molar-refractivity contribution < 1.29 is 24.5 Å². The molecule has 236 valence electrons. The first-order valence-corrected chi connectivity index (χ1v) is 17.0. The van der Waals surface area contributed by atoms with E-state index in [1.54, 1.807) is 16.7 Å². The van der Waals surface area contributed by atoms with Gasteiger partial charge in [0, 0.05) is 48.4 Å². The van der Waals surface area contributed by atoms with Crippen LogP contribution in [0.1, 0.15) is 74.5 Å². The Hall–Kier alpha value is -2.91. The molecule has 1 unspecified atom stereocenters. The molecule has 1 amide bonds. The quantitative estimate of drug-likeness (QED) is 0.122. The van der Waals surface area contributed by atoms with E-state index in [0.29, 0.717) is 32.1 Å². The van der Waals surface area contributed by atoms with Crippen LogP contribution in [0.3, 0.4) is 0 Å². The van der Waals surface area contributed by atoms with Crippen LogP contribution >= 0.6 is 11.8 Å². The Labute approximate surface area is 266 Å². The number of carbonyl (C=O) groups excluding carboxylic acids is 1. The molecule has 2 aliphatic carbocycles. The normalized spacial score (nSPS) is 16.0. The van der Waals surface area contributed by atoms with Crippen molar-refractivity contribution in [2.75, 3.05) is 26.0 Å². The SMILES string of the molecule is Cc1ccc(SCCCC(=O)N(C)CCCCC(O)CO)cc1COC1(c2cnccc2-c2ccccc2OC2CC2)CC1. The molecule has 5 rings (SSSR count). The Morgan fingerprint density at radius 2 is 1.93 bits per heavy atom. The van der Waals surface area contributed by atoms with Crippen molar-refractivity contribution in [3.63, 3.8) is 0 Å². The molecule has 1 heterocycles. The van der Waals surface area contributed by atoms with E-state index in [-0.39, 0.29) is 18.1 Å². The number of pyridine rings is 1. The Morgan fingerprint density at radius 1 is 1.11 bits per heavy atom. The summed E-state index contributed by atoms with van der Waals surface area (Å²) in [6.45, 7) is 3.13. The highest BCUT2D eigenvalue weighted by Gasteiger charge is 2.47. The van der Waals surface area contributed by atoms with E-state index >= 15 is 0 Å². The molecule has 2 saturated carbocycles. The first kappa shape index (κ1) is 32.5. The number of amides is 1. The number of thioether (sulfide) groups is 1. The summed E-state index contributed by atoms with van der Waals surface area (Å²) in [5.74, 6) is 1.96. The number of hydrogen-bond donors (Lipinski definition) is 2. The fourth-order valence-corrected chi connectivity index (χ4v) is 6.33. The smallest absolute Gasteiger partial charge is 0.222 e. The number of hydrogen-bond acceptors (Lipinski definition) is 7. The third kappa shape index (κ3) is 8.84. The van der Waals surface area contributed by atoms with Crippen LogP contribution in [0.5, 0.6) is 5.75 Å². The van der Waals surface area contributed by atoms with Gasteiger partial charge in [-0.3, -0.25) is 9.78 Å². The second kappa shape index (κ2) is 15.4. The highest BCUT2D eigenvalue weighted by atomic mass is 32.2. The van der Waals surface area contributed by atoms with Gasteiger partial charge >= 0.3 is 0 Å². The molecule has 0 bridgehead atoms. The van der Waals surface area contributed by atoms with E-state index in [1.165, 1.54) is 16.0 Å². The van der Waals surface area contributed by atoms with Crippen molar-refractivity contribution >= 4 is 17.7 Å². The molecule has 8 heteroatoms. The zero-order valence-electron chi connectivity index (χ0n) is 26.0. The highest BCUT2D eigenvalue weighted by molar-refractivity contribution is 7.99. The molecular formula is C36H46N2O5S. The van der Waals surface area contributed by atoms with Crippen LogP contribution in [-0.2, 0) is 21.7 Å². The second-order valence-corrected chi connectivity index (χ2v) is 13.4. The molecule has 3 aromatic rings. The number of carbonyl (C=O) groups is 1. The number of benzene rings is 2. The summed E-state index contributed by atoms with van der Waals surface area (Å²) >= 11 is 1.78. The monoisotopic (exact) mass is 618 g/mol. The molecule has 7 nitrogen and oxygen atoms in total. The molecule has 0 aliphatic heterocycles. The van der Waals surface area contributed by atoms with Crippen molar-refractivity contribution in [2.24, 2.45) is 0 Å². The summed E-state index contributed by atoms with van der Waals surface area (Å²) in [5.41, 5.74) is 5.43. The number of aryl methyl sites for hydroxylation is 1. The Bertz CT molecular complexity index is 1390. The van der Waals surface area contributed by atoms with Gasteiger partial charge in [0.2, 0.25) is 5.91 Å². The molecule has 2 aromatic carbocycles. The minimum Gasteiger partial charge on any atom is -0.490 e. The van der Waals surface area contributed by atoms with Crippen molar-refractivity contribution in [1.29, 1.82) is 0 Å². The molecule has 2 fully saturated rings. The molecular weight excluding hydrogens is 572 g/mol.